The normalized spacial score (nSPS) is 12.4. The fraction of sp³-hybridized carbons (Fsp3) is 0.143. The van der Waals surface area contributed by atoms with Crippen molar-refractivity contribution in [2.45, 2.75) is 6.92 Å². The van der Waals surface area contributed by atoms with Crippen LogP contribution in [0.3, 0.4) is 0 Å². The Hall–Kier alpha value is -2.18. The van der Waals surface area contributed by atoms with Crippen LogP contribution in [0.25, 0.3) is 0 Å². The highest BCUT2D eigenvalue weighted by atomic mass is 16.6. The first kappa shape index (κ1) is 11.8. The van der Waals surface area contributed by atoms with Gasteiger partial charge < -0.3 is 10.2 Å². The number of aliphatic hydroxyl groups excluding tert-OH is 1. The van der Waals surface area contributed by atoms with Gasteiger partial charge in [-0.2, -0.15) is 0 Å². The van der Waals surface area contributed by atoms with E-state index in [4.69, 9.17) is 10.2 Å². The lowest BCUT2D eigenvalue weighted by atomic mass is 10.3. The summed E-state index contributed by atoms with van der Waals surface area (Å²) in [4.78, 5) is 29.9. The van der Waals surface area contributed by atoms with Gasteiger partial charge in [-0.3, -0.25) is 14.9 Å². The van der Waals surface area contributed by atoms with Crippen molar-refractivity contribution in [3.05, 3.63) is 33.7 Å². The Morgan fingerprint density at radius 1 is 1.29 bits per heavy atom. The van der Waals surface area contributed by atoms with E-state index in [1.165, 1.54) is 0 Å². The van der Waals surface area contributed by atoms with Crippen molar-refractivity contribution in [2.75, 3.05) is 0 Å². The Kier molecular flexibility index (Phi) is 4.01. The van der Waals surface area contributed by atoms with Gasteiger partial charge in [0.25, 0.3) is 0 Å². The van der Waals surface area contributed by atoms with Crippen LogP contribution in [0.5, 0.6) is 0 Å². The van der Waals surface area contributed by atoms with Gasteiger partial charge in [0.15, 0.2) is 0 Å². The van der Waals surface area contributed by atoms with Gasteiger partial charge in [0.1, 0.15) is 0 Å². The van der Waals surface area contributed by atoms with Crippen molar-refractivity contribution < 1.29 is 24.7 Å². The van der Waals surface area contributed by atoms with Crippen LogP contribution in [0.15, 0.2) is 23.6 Å². The zero-order valence-corrected chi connectivity index (χ0v) is 7.13. The van der Waals surface area contributed by atoms with Gasteiger partial charge in [-0.05, 0) is 6.08 Å². The molecule has 0 rings (SSSR count). The second-order valence-corrected chi connectivity index (χ2v) is 2.22. The molecule has 14 heavy (non-hydrogen) atoms. The van der Waals surface area contributed by atoms with E-state index in [-0.39, 0.29) is 0 Å². The third kappa shape index (κ3) is 3.48. The number of hydrogen-bond donors (Lipinski definition) is 2. The maximum absolute atomic E-state index is 10.6. The number of hydrogen-bond acceptors (Lipinski definition) is 5. The highest BCUT2D eigenvalue weighted by Gasteiger charge is 2.15. The third-order valence-corrected chi connectivity index (χ3v) is 1.18. The minimum Gasteiger partial charge on any atom is -0.502 e. The Morgan fingerprint density at radius 2 is 1.79 bits per heavy atom. The van der Waals surface area contributed by atoms with E-state index in [2.05, 4.69) is 0 Å². The van der Waals surface area contributed by atoms with E-state index < -0.39 is 28.1 Å². The van der Waals surface area contributed by atoms with Gasteiger partial charge in [0.05, 0.1) is 4.92 Å². The molecule has 0 saturated heterocycles. The summed E-state index contributed by atoms with van der Waals surface area (Å²) in [7, 11) is 0. The first-order chi connectivity index (χ1) is 6.36. The van der Waals surface area contributed by atoms with E-state index in [1.807, 2.05) is 0 Å². The molecule has 0 aliphatic heterocycles. The third-order valence-electron chi connectivity index (χ3n) is 1.18. The number of carboxylic acids is 1. The molecule has 0 unspecified atom stereocenters. The summed E-state index contributed by atoms with van der Waals surface area (Å²) in [5.41, 5.74) is -0.794. The van der Waals surface area contributed by atoms with Gasteiger partial charge in [0.2, 0.25) is 11.5 Å². The molecule has 0 heterocycles. The van der Waals surface area contributed by atoms with Crippen LogP contribution < -0.4 is 0 Å². The maximum Gasteiger partial charge on any atom is 0.370 e. The van der Waals surface area contributed by atoms with Crippen molar-refractivity contribution in [3.8, 4) is 0 Å². The average molecular weight is 201 g/mol. The molecule has 7 nitrogen and oxygen atoms in total. The molecule has 0 aromatic rings. The van der Waals surface area contributed by atoms with Crippen LogP contribution in [0.2, 0.25) is 0 Å². The predicted molar refractivity (Wildman–Crippen MR) is 44.1 cm³/mol. The fourth-order valence-corrected chi connectivity index (χ4v) is 0.536. The van der Waals surface area contributed by atoms with Crippen molar-refractivity contribution in [2.24, 2.45) is 0 Å². The maximum atomic E-state index is 10.6. The largest absolute Gasteiger partial charge is 0.502 e. The topological polar surface area (TPSA) is 118 Å². The van der Waals surface area contributed by atoms with Crippen LogP contribution in [-0.2, 0) is 9.59 Å². The number of carboxylic acid groups (broad SMARTS) is 1. The second kappa shape index (κ2) is 4.75. The summed E-state index contributed by atoms with van der Waals surface area (Å²) in [6.45, 7) is 0.959. The molecule has 0 saturated carbocycles. The van der Waals surface area contributed by atoms with Gasteiger partial charge >= 0.3 is 11.7 Å². The quantitative estimate of drug-likeness (QED) is 0.221. The Bertz CT molecular complexity index is 324. The van der Waals surface area contributed by atoms with Crippen LogP contribution in [0.4, 0.5) is 0 Å². The van der Waals surface area contributed by atoms with Crippen LogP contribution >= 0.6 is 0 Å². The van der Waals surface area contributed by atoms with Crippen LogP contribution in [0, 0.1) is 10.1 Å². The fourth-order valence-electron chi connectivity index (χ4n) is 0.536. The average Bonchev–Trinajstić information content (AvgIpc) is 2.02. The number of rotatable bonds is 4. The van der Waals surface area contributed by atoms with Crippen LogP contribution in [0.1, 0.15) is 6.92 Å². The lowest BCUT2D eigenvalue weighted by Crippen LogP contribution is -2.07. The zero-order valence-electron chi connectivity index (χ0n) is 7.13. The summed E-state index contributed by atoms with van der Waals surface area (Å²) in [6.07, 6.45) is 1.20. The Labute approximate surface area is 78.1 Å². The molecule has 2 N–H and O–H groups in total. The number of ketones is 1. The molecule has 0 amide bonds. The summed E-state index contributed by atoms with van der Waals surface area (Å²) >= 11 is 0. The van der Waals surface area contributed by atoms with E-state index in [9.17, 15) is 19.7 Å². The number of aliphatic hydroxyl groups is 1. The number of allylic oxidation sites excluding steroid dienone is 3. The number of carbonyl (C=O) groups is 2. The summed E-state index contributed by atoms with van der Waals surface area (Å²) < 4.78 is 0. The minimum absolute atomic E-state index is 0.571. The van der Waals surface area contributed by atoms with Crippen molar-refractivity contribution in [1.29, 1.82) is 0 Å². The second-order valence-electron chi connectivity index (χ2n) is 2.22. The molecule has 0 aliphatic carbocycles. The smallest absolute Gasteiger partial charge is 0.370 e. The molecule has 0 aromatic carbocycles. The van der Waals surface area contributed by atoms with Gasteiger partial charge in [-0.1, -0.05) is 0 Å². The van der Waals surface area contributed by atoms with Gasteiger partial charge in [-0.25, -0.2) is 4.79 Å². The number of nitrogens with zero attached hydrogens (tertiary/aromatic N) is 1. The first-order valence-corrected chi connectivity index (χ1v) is 3.35. The SMILES string of the molecule is CC(=O)/C(=C/C=C(\O)C(=O)O)[N+](=O)[O-]. The minimum atomic E-state index is -1.63. The Balaban J connectivity index is 4.96. The van der Waals surface area contributed by atoms with Crippen LogP contribution in [-0.4, -0.2) is 26.9 Å². The lowest BCUT2D eigenvalue weighted by molar-refractivity contribution is -0.418. The molecule has 0 spiro atoms. The molecule has 0 radical (unpaired) electrons. The van der Waals surface area contributed by atoms with E-state index in [0.29, 0.717) is 12.2 Å². The van der Waals surface area contributed by atoms with E-state index in [0.717, 1.165) is 6.92 Å². The number of carbonyl (C=O) groups excluding carboxylic acids is 1. The molecule has 7 heteroatoms. The van der Waals surface area contributed by atoms with Crippen molar-refractivity contribution >= 4 is 11.8 Å². The first-order valence-electron chi connectivity index (χ1n) is 3.35. The molecule has 0 bridgehead atoms. The standard InChI is InChI=1S/C7H7NO6/c1-4(9)5(8(13)14)2-3-6(10)7(11)12/h2-3,10H,1H3,(H,11,12)/b5-2-,6-3-. The lowest BCUT2D eigenvalue weighted by Gasteiger charge is -1.90. The predicted octanol–water partition coefficient (Wildman–Crippen LogP) is 0.262. The molecule has 0 aromatic heterocycles. The molecule has 0 atom stereocenters. The summed E-state index contributed by atoms with van der Waals surface area (Å²) in [5.74, 6) is -3.54. The Morgan fingerprint density at radius 3 is 2.07 bits per heavy atom. The molecule has 0 aliphatic rings. The summed E-state index contributed by atoms with van der Waals surface area (Å²) in [6, 6.07) is 0. The molecular formula is C7H7NO6. The monoisotopic (exact) mass is 201 g/mol. The number of nitro groups is 1. The van der Waals surface area contributed by atoms with Gasteiger partial charge in [0, 0.05) is 13.0 Å². The summed E-state index contributed by atoms with van der Waals surface area (Å²) in [5, 5.41) is 27.0. The van der Waals surface area contributed by atoms with E-state index >= 15 is 0 Å². The van der Waals surface area contributed by atoms with Crippen molar-refractivity contribution in [3.63, 3.8) is 0 Å². The number of Topliss-reactive ketones (excluding diaryl/α,β-unsaturated/α-hetero) is 1. The number of aliphatic carboxylic acids is 1. The zero-order chi connectivity index (χ0) is 11.3. The van der Waals surface area contributed by atoms with E-state index in [1.54, 1.807) is 0 Å². The van der Waals surface area contributed by atoms with Crippen molar-refractivity contribution in [1.82, 2.24) is 0 Å². The molecule has 0 fully saturated rings. The van der Waals surface area contributed by atoms with Gasteiger partial charge in [-0.15, -0.1) is 0 Å². The molecule has 76 valence electrons. The highest BCUT2D eigenvalue weighted by molar-refractivity contribution is 5.91. The highest BCUT2D eigenvalue weighted by Crippen LogP contribution is 1.99. The molecular weight excluding hydrogens is 194 g/mol.